The molecule has 0 unspecified atom stereocenters. The number of benzene rings is 2. The second-order valence-electron chi connectivity index (χ2n) is 6.89. The Morgan fingerprint density at radius 1 is 1.13 bits per heavy atom. The number of methoxy groups -OCH3 is 2. The number of sulfonamides is 1. The van der Waals surface area contributed by atoms with E-state index in [4.69, 9.17) is 14.7 Å². The highest BCUT2D eigenvalue weighted by Gasteiger charge is 2.20. The third kappa shape index (κ3) is 5.64. The van der Waals surface area contributed by atoms with E-state index in [1.165, 1.54) is 23.3 Å². The molecular formula is C21H26ClN3O4S. The molecule has 1 aliphatic heterocycles. The fourth-order valence-electron chi connectivity index (χ4n) is 3.46. The zero-order valence-electron chi connectivity index (χ0n) is 17.1. The Balaban J connectivity index is 0.00000320. The van der Waals surface area contributed by atoms with Gasteiger partial charge in [0.15, 0.2) is 11.5 Å². The fourth-order valence-corrected chi connectivity index (χ4v) is 4.58. The van der Waals surface area contributed by atoms with Gasteiger partial charge in [0.1, 0.15) is 0 Å². The van der Waals surface area contributed by atoms with Crippen molar-refractivity contribution in [1.82, 2.24) is 9.62 Å². The second-order valence-corrected chi connectivity index (χ2v) is 8.66. The lowest BCUT2D eigenvalue weighted by Gasteiger charge is -2.29. The molecule has 30 heavy (non-hydrogen) atoms. The van der Waals surface area contributed by atoms with Crippen molar-refractivity contribution in [2.24, 2.45) is 0 Å². The quantitative estimate of drug-likeness (QED) is 0.620. The minimum Gasteiger partial charge on any atom is -0.493 e. The second kappa shape index (κ2) is 10.6. The number of hydrogen-bond donors (Lipinski definition) is 1. The molecule has 2 aromatic rings. The molecule has 0 amide bonds. The minimum absolute atomic E-state index is 0. The van der Waals surface area contributed by atoms with Gasteiger partial charge in [-0.25, -0.2) is 13.1 Å². The van der Waals surface area contributed by atoms with E-state index in [1.807, 2.05) is 18.2 Å². The summed E-state index contributed by atoms with van der Waals surface area (Å²) in [6.07, 6.45) is 1.61. The average molecular weight is 452 g/mol. The van der Waals surface area contributed by atoms with Crippen LogP contribution in [0.5, 0.6) is 11.5 Å². The number of hydrogen-bond acceptors (Lipinski definition) is 6. The maximum atomic E-state index is 12.4. The normalized spacial score (nSPS) is 13.6. The number of rotatable bonds is 8. The maximum absolute atomic E-state index is 12.4. The van der Waals surface area contributed by atoms with E-state index in [2.05, 4.69) is 9.62 Å². The Morgan fingerprint density at radius 2 is 1.83 bits per heavy atom. The highest BCUT2D eigenvalue weighted by molar-refractivity contribution is 7.89. The summed E-state index contributed by atoms with van der Waals surface area (Å²) in [6, 6.07) is 12.0. The number of fused-ring (bicyclic) bond motifs is 1. The van der Waals surface area contributed by atoms with Gasteiger partial charge < -0.3 is 9.47 Å². The Hall–Kier alpha value is -2.31. The fraction of sp³-hybridized carbons (Fsp3) is 0.381. The Bertz CT molecular complexity index is 1020. The molecule has 0 radical (unpaired) electrons. The molecule has 0 saturated heterocycles. The summed E-state index contributed by atoms with van der Waals surface area (Å²) < 4.78 is 38.2. The lowest BCUT2D eigenvalue weighted by Crippen LogP contribution is -2.33. The van der Waals surface area contributed by atoms with Gasteiger partial charge >= 0.3 is 0 Å². The summed E-state index contributed by atoms with van der Waals surface area (Å²) in [5.74, 6) is 1.47. The van der Waals surface area contributed by atoms with Gasteiger partial charge in [-0.2, -0.15) is 5.26 Å². The Morgan fingerprint density at radius 3 is 2.50 bits per heavy atom. The molecule has 0 aliphatic carbocycles. The molecule has 9 heteroatoms. The van der Waals surface area contributed by atoms with Crippen molar-refractivity contribution >= 4 is 22.4 Å². The van der Waals surface area contributed by atoms with Crippen LogP contribution in [0.15, 0.2) is 41.3 Å². The van der Waals surface area contributed by atoms with Crippen molar-refractivity contribution in [3.63, 3.8) is 0 Å². The van der Waals surface area contributed by atoms with Crippen molar-refractivity contribution in [3.8, 4) is 17.6 Å². The highest BCUT2D eigenvalue weighted by atomic mass is 35.5. The van der Waals surface area contributed by atoms with Crippen LogP contribution in [-0.2, 0) is 23.0 Å². The van der Waals surface area contributed by atoms with Gasteiger partial charge in [-0.15, -0.1) is 12.4 Å². The molecule has 0 bridgehead atoms. The van der Waals surface area contributed by atoms with Crippen LogP contribution < -0.4 is 14.2 Å². The summed E-state index contributed by atoms with van der Waals surface area (Å²) in [5, 5.41) is 8.93. The third-order valence-corrected chi connectivity index (χ3v) is 6.47. The van der Waals surface area contributed by atoms with Crippen molar-refractivity contribution in [3.05, 3.63) is 53.1 Å². The van der Waals surface area contributed by atoms with E-state index in [0.717, 1.165) is 37.6 Å². The van der Waals surface area contributed by atoms with Crippen LogP contribution in [-0.4, -0.2) is 47.2 Å². The van der Waals surface area contributed by atoms with E-state index < -0.39 is 10.0 Å². The number of halogens is 1. The van der Waals surface area contributed by atoms with Crippen LogP contribution >= 0.6 is 12.4 Å². The van der Waals surface area contributed by atoms with Crippen LogP contribution in [0.3, 0.4) is 0 Å². The van der Waals surface area contributed by atoms with Gasteiger partial charge in [-0.05, 0) is 60.8 Å². The van der Waals surface area contributed by atoms with Crippen molar-refractivity contribution < 1.29 is 17.9 Å². The van der Waals surface area contributed by atoms with E-state index in [-0.39, 0.29) is 17.3 Å². The van der Waals surface area contributed by atoms with E-state index >= 15 is 0 Å². The van der Waals surface area contributed by atoms with Gasteiger partial charge in [-0.3, -0.25) is 4.90 Å². The first-order chi connectivity index (χ1) is 14.0. The number of ether oxygens (including phenoxy) is 2. The molecule has 1 N–H and O–H groups in total. The largest absolute Gasteiger partial charge is 0.493 e. The first-order valence-corrected chi connectivity index (χ1v) is 10.9. The van der Waals surface area contributed by atoms with Gasteiger partial charge in [-0.1, -0.05) is 6.07 Å². The zero-order valence-corrected chi connectivity index (χ0v) is 18.7. The molecule has 162 valence electrons. The number of nitriles is 1. The molecule has 0 spiro atoms. The molecule has 0 saturated carbocycles. The lowest BCUT2D eigenvalue weighted by atomic mass is 9.98. The summed E-state index contributed by atoms with van der Waals surface area (Å²) >= 11 is 0. The Kier molecular flexibility index (Phi) is 8.50. The van der Waals surface area contributed by atoms with Gasteiger partial charge in [0, 0.05) is 19.6 Å². The third-order valence-electron chi connectivity index (χ3n) is 5.01. The van der Waals surface area contributed by atoms with Gasteiger partial charge in [0.05, 0.1) is 30.7 Å². The SMILES string of the molecule is COc1cc2c(cc1OC)CN(CCCNS(=O)(=O)c1cccc(C#N)c1)CC2.Cl. The monoisotopic (exact) mass is 451 g/mol. The van der Waals surface area contributed by atoms with Crippen molar-refractivity contribution in [2.75, 3.05) is 33.9 Å². The molecule has 0 fully saturated rings. The molecular weight excluding hydrogens is 426 g/mol. The summed E-state index contributed by atoms with van der Waals surface area (Å²) in [6.45, 7) is 2.84. The predicted octanol–water partition coefficient (Wildman–Crippen LogP) is 2.72. The predicted molar refractivity (Wildman–Crippen MR) is 117 cm³/mol. The smallest absolute Gasteiger partial charge is 0.240 e. The molecule has 0 aromatic heterocycles. The molecule has 1 aliphatic rings. The van der Waals surface area contributed by atoms with Crippen LogP contribution in [0.2, 0.25) is 0 Å². The molecule has 2 aromatic carbocycles. The minimum atomic E-state index is -3.61. The average Bonchev–Trinajstić information content (AvgIpc) is 2.75. The summed E-state index contributed by atoms with van der Waals surface area (Å²) in [5.41, 5.74) is 2.80. The zero-order chi connectivity index (χ0) is 20.9. The standard InChI is InChI=1S/C21H25N3O4S.ClH/c1-27-20-12-17-7-10-24(15-18(17)13-21(20)28-2)9-4-8-23-29(25,26)19-6-3-5-16(11-19)14-22;/h3,5-6,11-13,23H,4,7-10,15H2,1-2H3;1H. The number of nitrogens with one attached hydrogen (secondary N) is 1. The molecule has 3 rings (SSSR count). The summed E-state index contributed by atoms with van der Waals surface area (Å²) in [4.78, 5) is 2.42. The van der Waals surface area contributed by atoms with Crippen molar-refractivity contribution in [2.45, 2.75) is 24.3 Å². The van der Waals surface area contributed by atoms with Crippen LogP contribution in [0.1, 0.15) is 23.1 Å². The van der Waals surface area contributed by atoms with E-state index in [0.29, 0.717) is 18.5 Å². The number of nitrogens with zero attached hydrogens (tertiary/aromatic N) is 2. The first kappa shape index (κ1) is 24.0. The Labute approximate surface area is 184 Å². The van der Waals surface area contributed by atoms with E-state index in [9.17, 15) is 8.42 Å². The van der Waals surface area contributed by atoms with Gasteiger partial charge in [0.2, 0.25) is 10.0 Å². The molecule has 1 heterocycles. The topological polar surface area (TPSA) is 91.7 Å². The van der Waals surface area contributed by atoms with Gasteiger partial charge in [0.25, 0.3) is 0 Å². The summed E-state index contributed by atoms with van der Waals surface area (Å²) in [7, 11) is -0.347. The van der Waals surface area contributed by atoms with E-state index in [1.54, 1.807) is 26.4 Å². The van der Waals surface area contributed by atoms with Crippen molar-refractivity contribution in [1.29, 1.82) is 5.26 Å². The van der Waals surface area contributed by atoms with Crippen LogP contribution in [0, 0.1) is 11.3 Å². The van der Waals surface area contributed by atoms with Crippen LogP contribution in [0.25, 0.3) is 0 Å². The first-order valence-electron chi connectivity index (χ1n) is 9.43. The molecule has 7 nitrogen and oxygen atoms in total. The maximum Gasteiger partial charge on any atom is 0.240 e. The molecule has 0 atom stereocenters. The van der Waals surface area contributed by atoms with Crippen LogP contribution in [0.4, 0.5) is 0 Å². The highest BCUT2D eigenvalue weighted by Crippen LogP contribution is 2.33. The lowest BCUT2D eigenvalue weighted by molar-refractivity contribution is 0.250.